The van der Waals surface area contributed by atoms with Crippen LogP contribution in [0, 0.1) is 20.8 Å². The molecule has 0 radical (unpaired) electrons. The molecule has 4 nitrogen and oxygen atoms in total. The SMILES string of the molecule is C/C(C(=O)O)=C(\Cl)c1c(C)c(Br)c(C)c(S(=O)(=O)Cl)c1C. The van der Waals surface area contributed by atoms with E-state index in [1.165, 1.54) is 6.92 Å². The molecule has 0 atom stereocenters. The van der Waals surface area contributed by atoms with Gasteiger partial charge >= 0.3 is 5.97 Å². The molecule has 1 aromatic carbocycles. The van der Waals surface area contributed by atoms with Gasteiger partial charge in [0.15, 0.2) is 0 Å². The highest BCUT2D eigenvalue weighted by molar-refractivity contribution is 9.10. The maximum atomic E-state index is 11.8. The van der Waals surface area contributed by atoms with Gasteiger partial charge in [0.05, 0.1) is 15.5 Å². The van der Waals surface area contributed by atoms with E-state index in [2.05, 4.69) is 15.9 Å². The average molecular weight is 416 g/mol. The van der Waals surface area contributed by atoms with Gasteiger partial charge in [-0.05, 0) is 44.4 Å². The van der Waals surface area contributed by atoms with Crippen molar-refractivity contribution in [3.05, 3.63) is 32.3 Å². The zero-order valence-corrected chi connectivity index (χ0v) is 15.6. The lowest BCUT2D eigenvalue weighted by molar-refractivity contribution is -0.132. The van der Waals surface area contributed by atoms with Crippen molar-refractivity contribution in [1.29, 1.82) is 0 Å². The summed E-state index contributed by atoms with van der Waals surface area (Å²) in [6, 6.07) is 0. The minimum Gasteiger partial charge on any atom is -0.478 e. The number of halogens is 3. The minimum absolute atomic E-state index is 0.0141. The Hall–Kier alpha value is -0.560. The standard InChI is InChI=1S/C13H13BrCl2O4S/c1-5-9(11(15)8(4)13(17)18)6(2)12(21(16,19)20)7(3)10(5)14/h1-4H3,(H,17,18)/b11-8+. The third-order valence-corrected chi connectivity index (χ3v) is 6.43. The van der Waals surface area contributed by atoms with Gasteiger partial charge in [-0.3, -0.25) is 0 Å². The van der Waals surface area contributed by atoms with E-state index in [0.29, 0.717) is 26.7 Å². The van der Waals surface area contributed by atoms with Crippen molar-refractivity contribution >= 4 is 58.3 Å². The number of aliphatic carboxylic acids is 1. The molecular formula is C13H13BrCl2O4S. The lowest BCUT2D eigenvalue weighted by atomic mass is 9.97. The molecule has 0 spiro atoms. The number of hydrogen-bond donors (Lipinski definition) is 1. The molecule has 8 heteroatoms. The number of carboxylic acid groups (broad SMARTS) is 1. The Bertz CT molecular complexity index is 767. The summed E-state index contributed by atoms with van der Waals surface area (Å²) in [5, 5.41) is 9.04. The predicted molar refractivity (Wildman–Crippen MR) is 87.5 cm³/mol. The highest BCUT2D eigenvalue weighted by atomic mass is 79.9. The Labute approximate surface area is 141 Å². The largest absolute Gasteiger partial charge is 0.478 e. The Morgan fingerprint density at radius 1 is 1.14 bits per heavy atom. The first kappa shape index (κ1) is 18.5. The van der Waals surface area contributed by atoms with Crippen LogP contribution >= 0.6 is 38.2 Å². The van der Waals surface area contributed by atoms with Crippen LogP contribution in [0.3, 0.4) is 0 Å². The lowest BCUT2D eigenvalue weighted by Gasteiger charge is -2.18. The Morgan fingerprint density at radius 2 is 1.62 bits per heavy atom. The summed E-state index contributed by atoms with van der Waals surface area (Å²) in [6.45, 7) is 6.24. The van der Waals surface area contributed by atoms with E-state index in [0.717, 1.165) is 0 Å². The number of hydrogen-bond acceptors (Lipinski definition) is 3. The number of rotatable bonds is 3. The van der Waals surface area contributed by atoms with Crippen molar-refractivity contribution in [1.82, 2.24) is 0 Å². The van der Waals surface area contributed by atoms with E-state index in [4.69, 9.17) is 27.4 Å². The van der Waals surface area contributed by atoms with Crippen LogP contribution in [0.25, 0.3) is 5.03 Å². The molecule has 0 aliphatic rings. The monoisotopic (exact) mass is 414 g/mol. The fraction of sp³-hybridized carbons (Fsp3) is 0.308. The molecule has 116 valence electrons. The van der Waals surface area contributed by atoms with Gasteiger partial charge in [-0.25, -0.2) is 13.2 Å². The second-order valence-electron chi connectivity index (χ2n) is 4.58. The summed E-state index contributed by atoms with van der Waals surface area (Å²) in [5.41, 5.74) is 1.72. The molecule has 0 unspecified atom stereocenters. The summed E-state index contributed by atoms with van der Waals surface area (Å²) in [4.78, 5) is 11.0. The first-order valence-electron chi connectivity index (χ1n) is 5.75. The molecule has 0 fully saturated rings. The molecule has 0 aliphatic heterocycles. The second-order valence-corrected chi connectivity index (χ2v) is 8.25. The first-order valence-corrected chi connectivity index (χ1v) is 9.23. The fourth-order valence-corrected chi connectivity index (χ4v) is 4.67. The smallest absolute Gasteiger partial charge is 0.332 e. The number of carboxylic acids is 1. The summed E-state index contributed by atoms with van der Waals surface area (Å²) >= 11 is 9.46. The van der Waals surface area contributed by atoms with Gasteiger partial charge in [-0.2, -0.15) is 0 Å². The highest BCUT2D eigenvalue weighted by Crippen LogP contribution is 2.40. The Kier molecular flexibility index (Phi) is 5.53. The van der Waals surface area contributed by atoms with Gasteiger partial charge in [0.2, 0.25) is 0 Å². The Balaban J connectivity index is 4.00. The molecule has 0 heterocycles. The van der Waals surface area contributed by atoms with Gasteiger partial charge in [0, 0.05) is 20.7 Å². The molecular weight excluding hydrogens is 403 g/mol. The minimum atomic E-state index is -3.99. The van der Waals surface area contributed by atoms with E-state index in [-0.39, 0.29) is 15.5 Å². The van der Waals surface area contributed by atoms with Gasteiger partial charge < -0.3 is 5.11 Å². The van der Waals surface area contributed by atoms with Crippen molar-refractivity contribution in [2.45, 2.75) is 32.6 Å². The van der Waals surface area contributed by atoms with Crippen molar-refractivity contribution in [2.75, 3.05) is 0 Å². The highest BCUT2D eigenvalue weighted by Gasteiger charge is 2.26. The van der Waals surface area contributed by atoms with E-state index < -0.39 is 15.0 Å². The van der Waals surface area contributed by atoms with Crippen molar-refractivity contribution in [2.24, 2.45) is 0 Å². The molecule has 21 heavy (non-hydrogen) atoms. The molecule has 0 amide bonds. The molecule has 0 bridgehead atoms. The summed E-state index contributed by atoms with van der Waals surface area (Å²) in [5.74, 6) is -1.18. The maximum Gasteiger partial charge on any atom is 0.332 e. The van der Waals surface area contributed by atoms with E-state index in [9.17, 15) is 13.2 Å². The van der Waals surface area contributed by atoms with E-state index >= 15 is 0 Å². The van der Waals surface area contributed by atoms with E-state index in [1.54, 1.807) is 20.8 Å². The van der Waals surface area contributed by atoms with Crippen molar-refractivity contribution in [3.63, 3.8) is 0 Å². The van der Waals surface area contributed by atoms with Crippen LogP contribution in [-0.4, -0.2) is 19.5 Å². The Morgan fingerprint density at radius 3 is 2.00 bits per heavy atom. The molecule has 0 saturated carbocycles. The van der Waals surface area contributed by atoms with Crippen LogP contribution in [-0.2, 0) is 13.8 Å². The number of benzene rings is 1. The zero-order valence-electron chi connectivity index (χ0n) is 11.7. The first-order chi connectivity index (χ1) is 9.41. The van der Waals surface area contributed by atoms with Gasteiger partial charge in [-0.1, -0.05) is 27.5 Å². The van der Waals surface area contributed by atoms with Crippen LogP contribution in [0.2, 0.25) is 0 Å². The normalized spacial score (nSPS) is 13.1. The quantitative estimate of drug-likeness (QED) is 0.588. The molecule has 1 rings (SSSR count). The molecule has 1 aromatic rings. The van der Waals surface area contributed by atoms with Gasteiger partial charge in [0.25, 0.3) is 9.05 Å². The third-order valence-electron chi connectivity index (χ3n) is 3.20. The van der Waals surface area contributed by atoms with Crippen LogP contribution in [0.5, 0.6) is 0 Å². The third kappa shape index (κ3) is 3.44. The van der Waals surface area contributed by atoms with Crippen LogP contribution in [0.4, 0.5) is 0 Å². The van der Waals surface area contributed by atoms with Gasteiger partial charge in [-0.15, -0.1) is 0 Å². The molecule has 0 aromatic heterocycles. The molecule has 1 N–H and O–H groups in total. The summed E-state index contributed by atoms with van der Waals surface area (Å²) in [7, 11) is 1.50. The lowest BCUT2D eigenvalue weighted by Crippen LogP contribution is -2.07. The van der Waals surface area contributed by atoms with E-state index in [1.807, 2.05) is 0 Å². The fourth-order valence-electron chi connectivity index (χ4n) is 2.14. The van der Waals surface area contributed by atoms with Crippen LogP contribution in [0.1, 0.15) is 29.2 Å². The summed E-state index contributed by atoms with van der Waals surface area (Å²) in [6.07, 6.45) is 0. The predicted octanol–water partition coefficient (Wildman–Crippen LogP) is 4.36. The zero-order chi connectivity index (χ0) is 16.7. The topological polar surface area (TPSA) is 71.4 Å². The van der Waals surface area contributed by atoms with Crippen molar-refractivity contribution < 1.29 is 18.3 Å². The van der Waals surface area contributed by atoms with Crippen molar-refractivity contribution in [3.8, 4) is 0 Å². The van der Waals surface area contributed by atoms with Gasteiger partial charge in [0.1, 0.15) is 0 Å². The maximum absolute atomic E-state index is 11.8. The summed E-state index contributed by atoms with van der Waals surface area (Å²) < 4.78 is 24.1. The van der Waals surface area contributed by atoms with Crippen LogP contribution < -0.4 is 0 Å². The average Bonchev–Trinajstić information content (AvgIpc) is 2.33. The van der Waals surface area contributed by atoms with Crippen LogP contribution in [0.15, 0.2) is 14.9 Å². The molecule has 0 saturated heterocycles. The molecule has 0 aliphatic carbocycles. The number of carbonyl (C=O) groups is 1. The second kappa shape index (κ2) is 6.28.